The molecule has 2 aromatic heterocycles. The first-order valence-corrected chi connectivity index (χ1v) is 7.15. The highest BCUT2D eigenvalue weighted by Crippen LogP contribution is 2.23. The van der Waals surface area contributed by atoms with Crippen LogP contribution in [0.1, 0.15) is 23.5 Å². The van der Waals surface area contributed by atoms with E-state index in [1.807, 2.05) is 10.7 Å². The van der Waals surface area contributed by atoms with Gasteiger partial charge in [-0.1, -0.05) is 0 Å². The van der Waals surface area contributed by atoms with E-state index in [-0.39, 0.29) is 0 Å². The van der Waals surface area contributed by atoms with Crippen molar-refractivity contribution in [3.8, 4) is 0 Å². The van der Waals surface area contributed by atoms with Crippen molar-refractivity contribution < 1.29 is 0 Å². The number of thiophene rings is 1. The van der Waals surface area contributed by atoms with Crippen molar-refractivity contribution in [3.05, 3.63) is 26.6 Å². The molecule has 0 saturated heterocycles. The van der Waals surface area contributed by atoms with E-state index in [2.05, 4.69) is 42.8 Å². The Bertz CT molecular complexity index is 504. The van der Waals surface area contributed by atoms with Gasteiger partial charge in [0, 0.05) is 10.9 Å². The van der Waals surface area contributed by atoms with Gasteiger partial charge in [-0.05, 0) is 51.3 Å². The van der Waals surface area contributed by atoms with Gasteiger partial charge < -0.3 is 5.32 Å². The Morgan fingerprint density at radius 1 is 1.47 bits per heavy atom. The van der Waals surface area contributed by atoms with Crippen molar-refractivity contribution in [2.24, 2.45) is 0 Å². The van der Waals surface area contributed by atoms with Crippen molar-refractivity contribution in [2.75, 3.05) is 0 Å². The Morgan fingerprint density at radius 2 is 2.35 bits per heavy atom. The summed E-state index contributed by atoms with van der Waals surface area (Å²) in [6.45, 7) is 1.50. The molecule has 5 nitrogen and oxygen atoms in total. The third-order valence-corrected chi connectivity index (χ3v) is 4.28. The number of hydrogen-bond donors (Lipinski definition) is 1. The smallest absolute Gasteiger partial charge is 0.165 e. The lowest BCUT2D eigenvalue weighted by Gasteiger charge is -2.03. The van der Waals surface area contributed by atoms with Gasteiger partial charge in [0.15, 0.2) is 5.82 Å². The quantitative estimate of drug-likeness (QED) is 0.914. The van der Waals surface area contributed by atoms with Crippen molar-refractivity contribution in [1.29, 1.82) is 0 Å². The minimum Gasteiger partial charge on any atom is -0.307 e. The molecule has 2 aromatic rings. The van der Waals surface area contributed by atoms with Gasteiger partial charge >= 0.3 is 0 Å². The molecule has 0 aliphatic heterocycles. The van der Waals surface area contributed by atoms with Gasteiger partial charge in [0.2, 0.25) is 0 Å². The minimum atomic E-state index is 0.677. The predicted octanol–water partition coefficient (Wildman–Crippen LogP) is 1.80. The summed E-state index contributed by atoms with van der Waals surface area (Å²) in [6, 6.07) is 4.82. The monoisotopic (exact) mass is 313 g/mol. The molecule has 1 N–H and O–H groups in total. The summed E-state index contributed by atoms with van der Waals surface area (Å²) < 4.78 is 2.99. The third kappa shape index (κ3) is 2.91. The molecule has 3 rings (SSSR count). The van der Waals surface area contributed by atoms with E-state index < -0.39 is 0 Å². The molecule has 0 bridgehead atoms. The molecule has 90 valence electrons. The lowest BCUT2D eigenvalue weighted by Crippen LogP contribution is -2.19. The standard InChI is InChI=1S/C10H12BrN5S/c11-9-4-3-8(17-9)6-16-10(13-14-15-16)5-12-7-1-2-7/h3-4,7,12H,1-2,5-6H2. The van der Waals surface area contributed by atoms with Crippen LogP contribution in [0.25, 0.3) is 0 Å². The molecule has 0 spiro atoms. The van der Waals surface area contributed by atoms with E-state index in [1.54, 1.807) is 11.3 Å². The molecule has 1 saturated carbocycles. The summed E-state index contributed by atoms with van der Waals surface area (Å²) in [6.07, 6.45) is 2.55. The van der Waals surface area contributed by atoms with E-state index >= 15 is 0 Å². The van der Waals surface area contributed by atoms with E-state index in [9.17, 15) is 0 Å². The highest BCUT2D eigenvalue weighted by Gasteiger charge is 2.21. The minimum absolute atomic E-state index is 0.677. The van der Waals surface area contributed by atoms with Gasteiger partial charge in [-0.15, -0.1) is 16.4 Å². The number of hydrogen-bond acceptors (Lipinski definition) is 5. The fourth-order valence-electron chi connectivity index (χ4n) is 1.58. The second kappa shape index (κ2) is 4.83. The molecule has 0 radical (unpaired) electrons. The molecule has 1 fully saturated rings. The van der Waals surface area contributed by atoms with Gasteiger partial charge in [0.05, 0.1) is 16.9 Å². The first-order valence-electron chi connectivity index (χ1n) is 5.54. The lowest BCUT2D eigenvalue weighted by atomic mass is 10.4. The number of halogens is 1. The molecule has 17 heavy (non-hydrogen) atoms. The van der Waals surface area contributed by atoms with E-state index in [0.29, 0.717) is 6.04 Å². The molecule has 0 amide bonds. The second-order valence-electron chi connectivity index (χ2n) is 4.11. The first-order chi connectivity index (χ1) is 8.31. The van der Waals surface area contributed by atoms with Gasteiger partial charge in [-0.3, -0.25) is 0 Å². The highest BCUT2D eigenvalue weighted by molar-refractivity contribution is 9.11. The van der Waals surface area contributed by atoms with Crippen LogP contribution in [-0.2, 0) is 13.1 Å². The van der Waals surface area contributed by atoms with Crippen molar-refractivity contribution >= 4 is 27.3 Å². The van der Waals surface area contributed by atoms with Crippen LogP contribution in [0.2, 0.25) is 0 Å². The number of tetrazole rings is 1. The van der Waals surface area contributed by atoms with E-state index in [0.717, 1.165) is 22.7 Å². The van der Waals surface area contributed by atoms with Crippen molar-refractivity contribution in [1.82, 2.24) is 25.5 Å². The molecule has 2 heterocycles. The molecular weight excluding hydrogens is 302 g/mol. The number of nitrogens with one attached hydrogen (secondary N) is 1. The topological polar surface area (TPSA) is 55.6 Å². The largest absolute Gasteiger partial charge is 0.307 e. The molecular formula is C10H12BrN5S. The van der Waals surface area contributed by atoms with Gasteiger partial charge in [-0.25, -0.2) is 4.68 Å². The fourth-order valence-corrected chi connectivity index (χ4v) is 3.05. The summed E-state index contributed by atoms with van der Waals surface area (Å²) in [4.78, 5) is 1.25. The van der Waals surface area contributed by atoms with Crippen LogP contribution >= 0.6 is 27.3 Å². The molecule has 0 unspecified atom stereocenters. The van der Waals surface area contributed by atoms with Crippen LogP contribution in [0.4, 0.5) is 0 Å². The normalized spacial score (nSPS) is 15.4. The zero-order valence-electron chi connectivity index (χ0n) is 9.14. The maximum Gasteiger partial charge on any atom is 0.165 e. The van der Waals surface area contributed by atoms with Crippen LogP contribution in [-0.4, -0.2) is 26.2 Å². The molecule has 0 aromatic carbocycles. The maximum atomic E-state index is 4.05. The van der Waals surface area contributed by atoms with Gasteiger partial charge in [-0.2, -0.15) is 0 Å². The maximum absolute atomic E-state index is 4.05. The third-order valence-electron chi connectivity index (χ3n) is 2.67. The van der Waals surface area contributed by atoms with Crippen molar-refractivity contribution in [3.63, 3.8) is 0 Å². The van der Waals surface area contributed by atoms with Gasteiger partial charge in [0.25, 0.3) is 0 Å². The molecule has 7 heteroatoms. The summed E-state index contributed by atoms with van der Waals surface area (Å²) in [7, 11) is 0. The lowest BCUT2D eigenvalue weighted by molar-refractivity contribution is 0.581. The first kappa shape index (κ1) is 11.3. The van der Waals surface area contributed by atoms with E-state index in [4.69, 9.17) is 0 Å². The molecule has 1 aliphatic rings. The van der Waals surface area contributed by atoms with Crippen LogP contribution in [0.15, 0.2) is 15.9 Å². The van der Waals surface area contributed by atoms with Gasteiger partial charge in [0.1, 0.15) is 0 Å². The molecule has 0 atom stereocenters. The average Bonchev–Trinajstić information content (AvgIpc) is 2.90. The van der Waals surface area contributed by atoms with Crippen LogP contribution in [0.3, 0.4) is 0 Å². The Hall–Kier alpha value is -0.790. The zero-order valence-corrected chi connectivity index (χ0v) is 11.5. The predicted molar refractivity (Wildman–Crippen MR) is 68.8 cm³/mol. The number of nitrogens with zero attached hydrogens (tertiary/aromatic N) is 4. The SMILES string of the molecule is Brc1ccc(Cn2nnnc2CNC2CC2)s1. The van der Waals surface area contributed by atoms with Crippen molar-refractivity contribution in [2.45, 2.75) is 32.0 Å². The highest BCUT2D eigenvalue weighted by atomic mass is 79.9. The van der Waals surface area contributed by atoms with Crippen LogP contribution in [0.5, 0.6) is 0 Å². The van der Waals surface area contributed by atoms with E-state index in [1.165, 1.54) is 17.7 Å². The number of aromatic nitrogens is 4. The Morgan fingerprint density at radius 3 is 3.06 bits per heavy atom. The Kier molecular flexibility index (Phi) is 3.21. The van der Waals surface area contributed by atoms with Crippen LogP contribution < -0.4 is 5.32 Å². The number of rotatable bonds is 5. The summed E-state index contributed by atoms with van der Waals surface area (Å²) in [5.41, 5.74) is 0. The molecule has 1 aliphatic carbocycles. The Balaban J connectivity index is 1.67. The average molecular weight is 314 g/mol. The summed E-state index contributed by atoms with van der Waals surface area (Å²) in [5, 5.41) is 15.2. The summed E-state index contributed by atoms with van der Waals surface area (Å²) in [5.74, 6) is 0.904. The Labute approximate surface area is 111 Å². The van der Waals surface area contributed by atoms with Crippen LogP contribution in [0, 0.1) is 0 Å². The fraction of sp³-hybridized carbons (Fsp3) is 0.500. The summed E-state index contributed by atoms with van der Waals surface area (Å²) >= 11 is 5.17. The second-order valence-corrected chi connectivity index (χ2v) is 6.66. The zero-order chi connectivity index (χ0) is 11.7.